The van der Waals surface area contributed by atoms with Crippen molar-refractivity contribution in [3.63, 3.8) is 0 Å². The molecule has 0 fully saturated rings. The first kappa shape index (κ1) is 16.8. The van der Waals surface area contributed by atoms with Gasteiger partial charge in [-0.05, 0) is 24.3 Å². The minimum atomic E-state index is -0.717. The van der Waals surface area contributed by atoms with Crippen LogP contribution in [0.15, 0.2) is 60.1 Å². The van der Waals surface area contributed by atoms with E-state index in [4.69, 9.17) is 0 Å². The van der Waals surface area contributed by atoms with Crippen LogP contribution >= 0.6 is 0 Å². The number of rotatable bonds is 5. The molecule has 1 unspecified atom stereocenters. The number of aliphatic hydroxyl groups is 1. The van der Waals surface area contributed by atoms with Gasteiger partial charge < -0.3 is 10.0 Å². The maximum absolute atomic E-state index is 12.6. The monoisotopic (exact) mass is 337 g/mol. The summed E-state index contributed by atoms with van der Waals surface area (Å²) in [5.74, 6) is -1.67. The smallest absolute Gasteiger partial charge is 0.290 e. The lowest BCUT2D eigenvalue weighted by Crippen LogP contribution is -2.31. The summed E-state index contributed by atoms with van der Waals surface area (Å²) in [5.41, 5.74) is 1.32. The second kappa shape index (κ2) is 6.84. The number of ketones is 1. The Balaban J connectivity index is 2.06. The molecule has 6 heteroatoms. The second-order valence-electron chi connectivity index (χ2n) is 6.19. The molecule has 25 heavy (non-hydrogen) atoms. The van der Waals surface area contributed by atoms with Crippen LogP contribution < -0.4 is 0 Å². The van der Waals surface area contributed by atoms with Gasteiger partial charge in [0.25, 0.3) is 5.91 Å². The van der Waals surface area contributed by atoms with Gasteiger partial charge in [-0.25, -0.2) is 0 Å². The lowest BCUT2D eigenvalue weighted by Gasteiger charge is -2.26. The van der Waals surface area contributed by atoms with Crippen molar-refractivity contribution in [2.24, 2.45) is 5.92 Å². The van der Waals surface area contributed by atoms with Gasteiger partial charge in [0.1, 0.15) is 6.04 Å². The summed E-state index contributed by atoms with van der Waals surface area (Å²) in [6.45, 7) is 3.66. The molecule has 1 atom stereocenters. The topological polar surface area (TPSA) is 83.4 Å². The van der Waals surface area contributed by atoms with Crippen LogP contribution in [0.1, 0.15) is 31.3 Å². The Bertz CT molecular complexity index is 816. The first-order chi connectivity index (χ1) is 12.0. The van der Waals surface area contributed by atoms with E-state index in [0.717, 1.165) is 0 Å². The summed E-state index contributed by atoms with van der Waals surface area (Å²) in [5, 5.41) is 10.4. The minimum Gasteiger partial charge on any atom is -0.503 e. The SMILES string of the molecule is CC(C)C(=O)C1=C(O)C(=O)N(Cc2ccccn2)C1c1ccccn1. The number of aromatic nitrogens is 2. The van der Waals surface area contributed by atoms with Crippen LogP contribution in [0.3, 0.4) is 0 Å². The fraction of sp³-hybridized carbons (Fsp3) is 0.263. The van der Waals surface area contributed by atoms with Crippen molar-refractivity contribution >= 4 is 11.7 Å². The van der Waals surface area contributed by atoms with Gasteiger partial charge in [-0.3, -0.25) is 19.6 Å². The Morgan fingerprint density at radius 1 is 1.16 bits per heavy atom. The Kier molecular flexibility index (Phi) is 4.61. The Hall–Kier alpha value is -3.02. The number of nitrogens with zero attached hydrogens (tertiary/aromatic N) is 3. The van der Waals surface area contributed by atoms with Gasteiger partial charge in [0.2, 0.25) is 0 Å². The number of aliphatic hydroxyl groups excluding tert-OH is 1. The molecule has 1 amide bonds. The molecule has 0 bridgehead atoms. The molecule has 0 saturated heterocycles. The van der Waals surface area contributed by atoms with Crippen molar-refractivity contribution in [3.05, 3.63) is 71.5 Å². The molecule has 0 aliphatic carbocycles. The van der Waals surface area contributed by atoms with E-state index >= 15 is 0 Å². The first-order valence-corrected chi connectivity index (χ1v) is 8.10. The Morgan fingerprint density at radius 2 is 1.84 bits per heavy atom. The van der Waals surface area contributed by atoms with Crippen molar-refractivity contribution in [1.29, 1.82) is 0 Å². The second-order valence-corrected chi connectivity index (χ2v) is 6.19. The van der Waals surface area contributed by atoms with Crippen LogP contribution in [-0.2, 0) is 16.1 Å². The van der Waals surface area contributed by atoms with Crippen LogP contribution in [0.2, 0.25) is 0 Å². The lowest BCUT2D eigenvalue weighted by molar-refractivity contribution is -0.130. The molecule has 1 aliphatic rings. The first-order valence-electron chi connectivity index (χ1n) is 8.10. The summed E-state index contributed by atoms with van der Waals surface area (Å²) in [6, 6.07) is 9.99. The summed E-state index contributed by atoms with van der Waals surface area (Å²) in [4.78, 5) is 35.3. The quantitative estimate of drug-likeness (QED) is 0.907. The van der Waals surface area contributed by atoms with Gasteiger partial charge in [-0.2, -0.15) is 0 Å². The molecule has 3 rings (SSSR count). The van der Waals surface area contributed by atoms with E-state index in [1.165, 1.54) is 4.90 Å². The highest BCUT2D eigenvalue weighted by atomic mass is 16.3. The van der Waals surface area contributed by atoms with Gasteiger partial charge in [0, 0.05) is 18.3 Å². The highest BCUT2D eigenvalue weighted by Crippen LogP contribution is 2.38. The zero-order valence-corrected chi connectivity index (χ0v) is 14.1. The minimum absolute atomic E-state index is 0.106. The summed E-state index contributed by atoms with van der Waals surface area (Å²) in [6.07, 6.45) is 3.24. The molecule has 1 N–H and O–H groups in total. The molecule has 1 aliphatic heterocycles. The lowest BCUT2D eigenvalue weighted by atomic mass is 9.93. The Labute approximate surface area is 145 Å². The van der Waals surface area contributed by atoms with Gasteiger partial charge >= 0.3 is 0 Å². The van der Waals surface area contributed by atoms with Crippen molar-refractivity contribution < 1.29 is 14.7 Å². The van der Waals surface area contributed by atoms with Gasteiger partial charge in [0.05, 0.1) is 23.5 Å². The molecule has 0 radical (unpaired) electrons. The molecular formula is C19H19N3O3. The van der Waals surface area contributed by atoms with Crippen LogP contribution in [0, 0.1) is 5.92 Å². The molecule has 3 heterocycles. The zero-order valence-electron chi connectivity index (χ0n) is 14.1. The number of amides is 1. The van der Waals surface area contributed by atoms with E-state index in [-0.39, 0.29) is 23.8 Å². The average molecular weight is 337 g/mol. The van der Waals surface area contributed by atoms with Gasteiger partial charge in [0.15, 0.2) is 11.5 Å². The highest BCUT2D eigenvalue weighted by molar-refractivity contribution is 6.09. The summed E-state index contributed by atoms with van der Waals surface area (Å²) >= 11 is 0. The molecule has 0 spiro atoms. The fourth-order valence-corrected chi connectivity index (χ4v) is 2.89. The van der Waals surface area contributed by atoms with Crippen molar-refractivity contribution in [3.8, 4) is 0 Å². The maximum Gasteiger partial charge on any atom is 0.290 e. The molecule has 128 valence electrons. The fourth-order valence-electron chi connectivity index (χ4n) is 2.89. The Morgan fingerprint density at radius 3 is 2.40 bits per heavy atom. The summed E-state index contributed by atoms with van der Waals surface area (Å²) < 4.78 is 0. The van der Waals surface area contributed by atoms with Crippen LogP contribution in [0.5, 0.6) is 0 Å². The summed E-state index contributed by atoms with van der Waals surface area (Å²) in [7, 11) is 0. The van der Waals surface area contributed by atoms with E-state index < -0.39 is 17.7 Å². The third-order valence-corrected chi connectivity index (χ3v) is 4.12. The van der Waals surface area contributed by atoms with Crippen LogP contribution in [0.4, 0.5) is 0 Å². The third kappa shape index (κ3) is 3.15. The zero-order chi connectivity index (χ0) is 18.0. The van der Waals surface area contributed by atoms with E-state index in [1.54, 1.807) is 56.6 Å². The van der Waals surface area contributed by atoms with Gasteiger partial charge in [-0.1, -0.05) is 26.0 Å². The average Bonchev–Trinajstić information content (AvgIpc) is 2.87. The van der Waals surface area contributed by atoms with Crippen LogP contribution in [0.25, 0.3) is 0 Å². The number of carbonyl (C=O) groups excluding carboxylic acids is 2. The molecule has 0 aromatic carbocycles. The number of Topliss-reactive ketones (excluding diaryl/α,β-unsaturated/α-hetero) is 1. The van der Waals surface area contributed by atoms with Crippen LogP contribution in [-0.4, -0.2) is 31.7 Å². The van der Waals surface area contributed by atoms with E-state index in [0.29, 0.717) is 11.4 Å². The maximum atomic E-state index is 12.6. The molecule has 2 aromatic heterocycles. The number of pyridine rings is 2. The normalized spacial score (nSPS) is 17.5. The number of carbonyl (C=O) groups is 2. The molecular weight excluding hydrogens is 318 g/mol. The van der Waals surface area contributed by atoms with E-state index in [9.17, 15) is 14.7 Å². The predicted molar refractivity (Wildman–Crippen MR) is 91.3 cm³/mol. The predicted octanol–water partition coefficient (Wildman–Crippen LogP) is 2.60. The van der Waals surface area contributed by atoms with Crippen molar-refractivity contribution in [2.75, 3.05) is 0 Å². The van der Waals surface area contributed by atoms with E-state index in [1.807, 2.05) is 6.07 Å². The largest absolute Gasteiger partial charge is 0.503 e. The molecule has 0 saturated carbocycles. The third-order valence-electron chi connectivity index (χ3n) is 4.12. The van der Waals surface area contributed by atoms with E-state index in [2.05, 4.69) is 9.97 Å². The number of hydrogen-bond acceptors (Lipinski definition) is 5. The van der Waals surface area contributed by atoms with Gasteiger partial charge in [-0.15, -0.1) is 0 Å². The number of hydrogen-bond donors (Lipinski definition) is 1. The standard InChI is InChI=1S/C19H19N3O3/c1-12(2)17(23)15-16(14-8-4-6-10-21-14)22(19(25)18(15)24)11-13-7-3-5-9-20-13/h3-10,12,16,24H,11H2,1-2H3. The highest BCUT2D eigenvalue weighted by Gasteiger charge is 2.44. The van der Waals surface area contributed by atoms with Crippen molar-refractivity contribution in [1.82, 2.24) is 14.9 Å². The molecule has 6 nitrogen and oxygen atoms in total. The van der Waals surface area contributed by atoms with Crippen molar-refractivity contribution in [2.45, 2.75) is 26.4 Å². The molecule has 2 aromatic rings.